The van der Waals surface area contributed by atoms with Gasteiger partial charge in [0.25, 0.3) is 0 Å². The summed E-state index contributed by atoms with van der Waals surface area (Å²) in [6, 6.07) is 84.2. The van der Waals surface area contributed by atoms with Crippen LogP contribution >= 0.6 is 0 Å². The minimum Gasteiger partial charge on any atom is -0.456 e. The molecule has 0 radical (unpaired) electrons. The molecule has 0 aliphatic heterocycles. The van der Waals surface area contributed by atoms with Crippen molar-refractivity contribution >= 4 is 60.9 Å². The monoisotopic (exact) mass is 805 g/mol. The van der Waals surface area contributed by atoms with Crippen LogP contribution in [0.3, 0.4) is 0 Å². The Morgan fingerprint density at radius 1 is 0.254 bits per heavy atom. The Bertz CT molecular complexity index is 3630. The molecule has 0 unspecified atom stereocenters. The highest BCUT2D eigenvalue weighted by Gasteiger charge is 2.22. The van der Waals surface area contributed by atoms with Crippen LogP contribution in [0.4, 0.5) is 17.1 Å². The lowest BCUT2D eigenvalue weighted by molar-refractivity contribution is 0.669. The van der Waals surface area contributed by atoms with Crippen LogP contribution < -0.4 is 4.90 Å². The van der Waals surface area contributed by atoms with Gasteiger partial charge in [0.1, 0.15) is 22.3 Å². The standard InChI is InChI=1S/C60H39NO2/c1-2-16-41(17-3-1)46-20-4-5-21-48(46)49-22-6-7-23-50(49)51-24-8-11-29-56(51)61(44-35-32-40(33-36-44)42-34-37-59-55(39-42)53-26-10-12-30-57(53)62-59)45-19-14-18-43(38-45)47-27-15-28-54-52-25-9-13-31-58(52)63-60(47)54/h1-39H. The molecular formula is C60H39NO2. The van der Waals surface area contributed by atoms with Crippen molar-refractivity contribution in [2.45, 2.75) is 0 Å². The second-order valence-corrected chi connectivity index (χ2v) is 16.0. The van der Waals surface area contributed by atoms with Gasteiger partial charge in [-0.25, -0.2) is 0 Å². The molecule has 12 aromatic rings. The summed E-state index contributed by atoms with van der Waals surface area (Å²) in [6.45, 7) is 0. The maximum Gasteiger partial charge on any atom is 0.143 e. The molecule has 0 atom stereocenters. The van der Waals surface area contributed by atoms with Crippen LogP contribution in [0.5, 0.6) is 0 Å². The van der Waals surface area contributed by atoms with Crippen LogP contribution in [0.1, 0.15) is 0 Å². The Hall–Kier alpha value is -8.40. The zero-order chi connectivity index (χ0) is 41.7. The van der Waals surface area contributed by atoms with Crippen LogP contribution in [-0.4, -0.2) is 0 Å². The van der Waals surface area contributed by atoms with Crippen molar-refractivity contribution in [2.24, 2.45) is 0 Å². The Balaban J connectivity index is 1.03. The first-order valence-electron chi connectivity index (χ1n) is 21.4. The van der Waals surface area contributed by atoms with Gasteiger partial charge in [0, 0.05) is 44.0 Å². The van der Waals surface area contributed by atoms with Crippen molar-refractivity contribution < 1.29 is 8.83 Å². The molecular weight excluding hydrogens is 767 g/mol. The molecule has 0 saturated heterocycles. The van der Waals surface area contributed by atoms with E-state index >= 15 is 0 Å². The predicted octanol–water partition coefficient (Wildman–Crippen LogP) is 17.3. The molecule has 12 rings (SSSR count). The average Bonchev–Trinajstić information content (AvgIpc) is 3.93. The maximum absolute atomic E-state index is 6.56. The van der Waals surface area contributed by atoms with Crippen molar-refractivity contribution in [2.75, 3.05) is 4.90 Å². The molecule has 0 aliphatic carbocycles. The van der Waals surface area contributed by atoms with Crippen molar-refractivity contribution in [3.05, 3.63) is 237 Å². The van der Waals surface area contributed by atoms with E-state index in [2.05, 4.69) is 217 Å². The molecule has 0 spiro atoms. The first kappa shape index (κ1) is 36.5. The Labute approximate surface area is 365 Å². The van der Waals surface area contributed by atoms with E-state index in [-0.39, 0.29) is 0 Å². The second kappa shape index (κ2) is 15.3. The predicted molar refractivity (Wildman–Crippen MR) is 263 cm³/mol. The number of hydrogen-bond acceptors (Lipinski definition) is 3. The molecule has 0 fully saturated rings. The third kappa shape index (κ3) is 6.38. The number of hydrogen-bond donors (Lipinski definition) is 0. The summed E-state index contributed by atoms with van der Waals surface area (Å²) in [7, 11) is 0. The summed E-state index contributed by atoms with van der Waals surface area (Å²) in [4.78, 5) is 2.40. The van der Waals surface area contributed by atoms with E-state index in [0.29, 0.717) is 0 Å². The van der Waals surface area contributed by atoms with Gasteiger partial charge in [0.15, 0.2) is 0 Å². The third-order valence-electron chi connectivity index (χ3n) is 12.3. The van der Waals surface area contributed by atoms with E-state index in [1.54, 1.807) is 0 Å². The minimum absolute atomic E-state index is 0.888. The number of anilines is 3. The lowest BCUT2D eigenvalue weighted by Gasteiger charge is -2.29. The van der Waals surface area contributed by atoms with Crippen LogP contribution in [0, 0.1) is 0 Å². The molecule has 2 aromatic heterocycles. The van der Waals surface area contributed by atoms with Gasteiger partial charge in [-0.15, -0.1) is 0 Å². The molecule has 0 saturated carbocycles. The van der Waals surface area contributed by atoms with Gasteiger partial charge < -0.3 is 13.7 Å². The summed E-state index contributed by atoms with van der Waals surface area (Å²) >= 11 is 0. The molecule has 3 heteroatoms. The smallest absolute Gasteiger partial charge is 0.143 e. The lowest BCUT2D eigenvalue weighted by Crippen LogP contribution is -2.11. The van der Waals surface area contributed by atoms with Crippen LogP contribution in [0.25, 0.3) is 99.5 Å². The summed E-state index contributed by atoms with van der Waals surface area (Å²) < 4.78 is 12.7. The number of rotatable bonds is 8. The number of para-hydroxylation sites is 4. The van der Waals surface area contributed by atoms with Crippen LogP contribution in [0.15, 0.2) is 245 Å². The molecule has 0 aliphatic rings. The van der Waals surface area contributed by atoms with E-state index in [1.165, 1.54) is 22.3 Å². The fourth-order valence-electron chi connectivity index (χ4n) is 9.36. The molecule has 3 nitrogen and oxygen atoms in total. The van der Waals surface area contributed by atoms with Gasteiger partial charge in [-0.2, -0.15) is 0 Å². The highest BCUT2D eigenvalue weighted by atomic mass is 16.3. The zero-order valence-corrected chi connectivity index (χ0v) is 34.3. The van der Waals surface area contributed by atoms with Gasteiger partial charge in [-0.05, 0) is 99.1 Å². The van der Waals surface area contributed by atoms with E-state index in [0.717, 1.165) is 94.3 Å². The highest BCUT2D eigenvalue weighted by molar-refractivity contribution is 6.10. The second-order valence-electron chi connectivity index (χ2n) is 16.0. The third-order valence-corrected chi connectivity index (χ3v) is 12.3. The number of benzene rings is 10. The minimum atomic E-state index is 0.888. The molecule has 10 aromatic carbocycles. The summed E-state index contributed by atoms with van der Waals surface area (Å²) in [5, 5.41) is 4.47. The zero-order valence-electron chi connectivity index (χ0n) is 34.3. The molecule has 2 heterocycles. The van der Waals surface area contributed by atoms with E-state index in [4.69, 9.17) is 8.83 Å². The van der Waals surface area contributed by atoms with Crippen molar-refractivity contribution in [3.8, 4) is 55.6 Å². The van der Waals surface area contributed by atoms with Gasteiger partial charge in [0.05, 0.1) is 5.69 Å². The fraction of sp³-hybridized carbons (Fsp3) is 0. The van der Waals surface area contributed by atoms with Gasteiger partial charge in [0.2, 0.25) is 0 Å². The van der Waals surface area contributed by atoms with Crippen LogP contribution in [0.2, 0.25) is 0 Å². The van der Waals surface area contributed by atoms with Gasteiger partial charge >= 0.3 is 0 Å². The Morgan fingerprint density at radius 2 is 0.778 bits per heavy atom. The van der Waals surface area contributed by atoms with Gasteiger partial charge in [-0.3, -0.25) is 0 Å². The number of nitrogens with zero attached hydrogens (tertiary/aromatic N) is 1. The first-order chi connectivity index (χ1) is 31.2. The molecule has 0 amide bonds. The highest BCUT2D eigenvalue weighted by Crippen LogP contribution is 2.47. The van der Waals surface area contributed by atoms with Gasteiger partial charge in [-0.1, -0.05) is 182 Å². The maximum atomic E-state index is 6.56. The Morgan fingerprint density at radius 3 is 1.56 bits per heavy atom. The van der Waals surface area contributed by atoms with Crippen molar-refractivity contribution in [3.63, 3.8) is 0 Å². The summed E-state index contributed by atoms with van der Waals surface area (Å²) in [6.07, 6.45) is 0. The average molecular weight is 806 g/mol. The SMILES string of the molecule is c1ccc(-c2ccccc2-c2ccccc2-c2ccccc2N(c2ccc(-c3ccc4oc5ccccc5c4c3)cc2)c2cccc(-c3cccc4c3oc3ccccc34)c2)cc1. The van der Waals surface area contributed by atoms with Crippen LogP contribution in [-0.2, 0) is 0 Å². The lowest BCUT2D eigenvalue weighted by atomic mass is 9.88. The van der Waals surface area contributed by atoms with E-state index in [1.807, 2.05) is 24.3 Å². The molecule has 0 N–H and O–H groups in total. The Kier molecular flexibility index (Phi) is 8.83. The van der Waals surface area contributed by atoms with E-state index < -0.39 is 0 Å². The normalized spacial score (nSPS) is 11.5. The van der Waals surface area contributed by atoms with Crippen molar-refractivity contribution in [1.82, 2.24) is 0 Å². The number of fused-ring (bicyclic) bond motifs is 6. The summed E-state index contributed by atoms with van der Waals surface area (Å²) in [5.41, 5.74) is 18.2. The van der Waals surface area contributed by atoms with Crippen molar-refractivity contribution in [1.29, 1.82) is 0 Å². The largest absolute Gasteiger partial charge is 0.456 e. The molecule has 0 bridgehead atoms. The summed E-state index contributed by atoms with van der Waals surface area (Å²) in [5.74, 6) is 0. The fourth-order valence-corrected chi connectivity index (χ4v) is 9.36. The van der Waals surface area contributed by atoms with E-state index in [9.17, 15) is 0 Å². The first-order valence-corrected chi connectivity index (χ1v) is 21.4. The molecule has 296 valence electrons. The topological polar surface area (TPSA) is 29.5 Å². The number of furan rings is 2. The quantitative estimate of drug-likeness (QED) is 0.153. The molecule has 63 heavy (non-hydrogen) atoms.